The minimum atomic E-state index is -0.243. The first-order chi connectivity index (χ1) is 13.7. The quantitative estimate of drug-likeness (QED) is 0.831. The molecule has 6 heteroatoms. The molecule has 2 aliphatic heterocycles. The number of morpholine rings is 1. The third-order valence-corrected chi connectivity index (χ3v) is 5.38. The van der Waals surface area contributed by atoms with Gasteiger partial charge in [-0.2, -0.15) is 0 Å². The van der Waals surface area contributed by atoms with Crippen LogP contribution < -0.4 is 14.8 Å². The number of methoxy groups -OCH3 is 1. The third-order valence-electron chi connectivity index (χ3n) is 5.38. The number of rotatable bonds is 6. The van der Waals surface area contributed by atoms with Gasteiger partial charge in [0.2, 0.25) is 5.91 Å². The van der Waals surface area contributed by atoms with Gasteiger partial charge in [0.05, 0.1) is 12.7 Å². The molecule has 1 amide bonds. The van der Waals surface area contributed by atoms with Gasteiger partial charge in [-0.1, -0.05) is 36.4 Å². The molecule has 6 nitrogen and oxygen atoms in total. The SMILES string of the molecule is COc1ccc(CN2CCC3(CNC(=O)CO3)C2)cc1OCc1ccccc1. The number of nitrogens with one attached hydrogen (secondary N) is 1. The first-order valence-corrected chi connectivity index (χ1v) is 9.62. The van der Waals surface area contributed by atoms with Crippen molar-refractivity contribution in [3.05, 3.63) is 59.7 Å². The normalized spacial score (nSPS) is 22.2. The zero-order chi connectivity index (χ0) is 19.4. The van der Waals surface area contributed by atoms with Crippen molar-refractivity contribution < 1.29 is 19.0 Å². The van der Waals surface area contributed by atoms with Crippen LogP contribution in [-0.4, -0.2) is 49.8 Å². The summed E-state index contributed by atoms with van der Waals surface area (Å²) in [5.74, 6) is 1.45. The molecule has 28 heavy (non-hydrogen) atoms. The van der Waals surface area contributed by atoms with Crippen molar-refractivity contribution in [1.82, 2.24) is 10.2 Å². The monoisotopic (exact) mass is 382 g/mol. The number of benzene rings is 2. The van der Waals surface area contributed by atoms with Gasteiger partial charge in [0, 0.05) is 26.2 Å². The van der Waals surface area contributed by atoms with Crippen molar-refractivity contribution in [3.8, 4) is 11.5 Å². The summed E-state index contributed by atoms with van der Waals surface area (Å²) in [4.78, 5) is 13.7. The Balaban J connectivity index is 1.40. The lowest BCUT2D eigenvalue weighted by molar-refractivity contribution is -0.142. The number of carbonyl (C=O) groups excluding carboxylic acids is 1. The number of likely N-dealkylation sites (tertiary alicyclic amines) is 1. The van der Waals surface area contributed by atoms with E-state index in [9.17, 15) is 4.79 Å². The Hall–Kier alpha value is -2.57. The van der Waals surface area contributed by atoms with Crippen molar-refractivity contribution in [2.24, 2.45) is 0 Å². The van der Waals surface area contributed by atoms with Gasteiger partial charge in [-0.15, -0.1) is 0 Å². The molecular weight excluding hydrogens is 356 g/mol. The van der Waals surface area contributed by atoms with Crippen LogP contribution in [0, 0.1) is 0 Å². The van der Waals surface area contributed by atoms with Gasteiger partial charge in [0.1, 0.15) is 13.2 Å². The molecule has 0 radical (unpaired) electrons. The summed E-state index contributed by atoms with van der Waals surface area (Å²) < 4.78 is 17.3. The summed E-state index contributed by atoms with van der Waals surface area (Å²) in [6, 6.07) is 16.2. The molecule has 4 rings (SSSR count). The Bertz CT molecular complexity index is 815. The Morgan fingerprint density at radius 3 is 2.75 bits per heavy atom. The van der Waals surface area contributed by atoms with Gasteiger partial charge >= 0.3 is 0 Å². The van der Waals surface area contributed by atoms with Crippen LogP contribution in [0.4, 0.5) is 0 Å². The fourth-order valence-corrected chi connectivity index (χ4v) is 3.83. The van der Waals surface area contributed by atoms with Crippen molar-refractivity contribution in [2.75, 3.05) is 33.4 Å². The predicted octanol–water partition coefficient (Wildman–Crippen LogP) is 2.37. The first kappa shape index (κ1) is 18.8. The van der Waals surface area contributed by atoms with Gasteiger partial charge in [0.25, 0.3) is 0 Å². The summed E-state index contributed by atoms with van der Waals surface area (Å²) in [6.45, 7) is 3.83. The van der Waals surface area contributed by atoms with E-state index in [1.54, 1.807) is 7.11 Å². The van der Waals surface area contributed by atoms with E-state index in [2.05, 4.69) is 22.3 Å². The van der Waals surface area contributed by atoms with Crippen LogP contribution in [0.2, 0.25) is 0 Å². The maximum absolute atomic E-state index is 11.4. The van der Waals surface area contributed by atoms with Gasteiger partial charge in [0.15, 0.2) is 11.5 Å². The molecule has 0 aliphatic carbocycles. The average Bonchev–Trinajstić information content (AvgIpc) is 3.12. The average molecular weight is 382 g/mol. The van der Waals surface area contributed by atoms with Crippen LogP contribution in [0.3, 0.4) is 0 Å². The largest absolute Gasteiger partial charge is 0.493 e. The lowest BCUT2D eigenvalue weighted by Gasteiger charge is -2.33. The number of hydrogen-bond acceptors (Lipinski definition) is 5. The lowest BCUT2D eigenvalue weighted by Crippen LogP contribution is -2.53. The predicted molar refractivity (Wildman–Crippen MR) is 105 cm³/mol. The second-order valence-corrected chi connectivity index (χ2v) is 7.47. The van der Waals surface area contributed by atoms with Crippen LogP contribution in [-0.2, 0) is 22.7 Å². The molecule has 1 unspecified atom stereocenters. The fraction of sp³-hybridized carbons (Fsp3) is 0.409. The molecule has 148 valence electrons. The fourth-order valence-electron chi connectivity index (χ4n) is 3.83. The first-order valence-electron chi connectivity index (χ1n) is 9.62. The molecule has 2 aromatic rings. The summed E-state index contributed by atoms with van der Waals surface area (Å²) in [6.07, 6.45) is 0.931. The van der Waals surface area contributed by atoms with Crippen LogP contribution in [0.1, 0.15) is 17.5 Å². The maximum atomic E-state index is 11.4. The van der Waals surface area contributed by atoms with Crippen LogP contribution >= 0.6 is 0 Å². The summed E-state index contributed by atoms with van der Waals surface area (Å²) in [5, 5.41) is 2.93. The maximum Gasteiger partial charge on any atom is 0.246 e. The topological polar surface area (TPSA) is 60.0 Å². The second-order valence-electron chi connectivity index (χ2n) is 7.47. The highest BCUT2D eigenvalue weighted by atomic mass is 16.5. The highest BCUT2D eigenvalue weighted by Gasteiger charge is 2.42. The molecule has 2 heterocycles. The minimum absolute atomic E-state index is 0.0283. The Morgan fingerprint density at radius 1 is 1.14 bits per heavy atom. The molecule has 0 aromatic heterocycles. The zero-order valence-electron chi connectivity index (χ0n) is 16.1. The molecular formula is C22H26N2O4. The molecule has 2 aliphatic rings. The molecule has 2 aromatic carbocycles. The molecule has 2 saturated heterocycles. The Labute approximate surface area is 165 Å². The standard InChI is InChI=1S/C22H26N2O4/c1-26-19-8-7-18(11-20(19)27-13-17-5-3-2-4-6-17)12-24-10-9-22(16-24)15-23-21(25)14-28-22/h2-8,11H,9-10,12-16H2,1H3,(H,23,25). The highest BCUT2D eigenvalue weighted by Crippen LogP contribution is 2.32. The molecule has 1 N–H and O–H groups in total. The van der Waals surface area contributed by atoms with E-state index >= 15 is 0 Å². The number of amides is 1. The molecule has 2 fully saturated rings. The van der Waals surface area contributed by atoms with Gasteiger partial charge < -0.3 is 19.5 Å². The van der Waals surface area contributed by atoms with Crippen LogP contribution in [0.5, 0.6) is 11.5 Å². The summed E-state index contributed by atoms with van der Waals surface area (Å²) in [5.41, 5.74) is 2.04. The molecule has 0 bridgehead atoms. The van der Waals surface area contributed by atoms with E-state index in [1.165, 1.54) is 5.56 Å². The van der Waals surface area contributed by atoms with E-state index in [0.29, 0.717) is 13.2 Å². The minimum Gasteiger partial charge on any atom is -0.493 e. The zero-order valence-corrected chi connectivity index (χ0v) is 16.1. The van der Waals surface area contributed by atoms with Gasteiger partial charge in [-0.05, 0) is 29.7 Å². The van der Waals surface area contributed by atoms with Crippen molar-refractivity contribution >= 4 is 5.91 Å². The van der Waals surface area contributed by atoms with E-state index < -0.39 is 0 Å². The molecule has 0 saturated carbocycles. The number of hydrogen-bond donors (Lipinski definition) is 1. The van der Waals surface area contributed by atoms with E-state index in [1.807, 2.05) is 36.4 Å². The Kier molecular flexibility index (Phi) is 5.50. The van der Waals surface area contributed by atoms with Gasteiger partial charge in [-0.25, -0.2) is 0 Å². The van der Waals surface area contributed by atoms with Crippen LogP contribution in [0.15, 0.2) is 48.5 Å². The number of ether oxygens (including phenoxy) is 3. The molecule has 1 atom stereocenters. The lowest BCUT2D eigenvalue weighted by atomic mass is 10.0. The summed E-state index contributed by atoms with van der Waals surface area (Å²) in [7, 11) is 1.66. The third kappa shape index (κ3) is 4.29. The van der Waals surface area contributed by atoms with E-state index in [4.69, 9.17) is 14.2 Å². The van der Waals surface area contributed by atoms with E-state index in [0.717, 1.165) is 43.1 Å². The Morgan fingerprint density at radius 2 is 2.00 bits per heavy atom. The van der Waals surface area contributed by atoms with Gasteiger partial charge in [-0.3, -0.25) is 9.69 Å². The highest BCUT2D eigenvalue weighted by molar-refractivity contribution is 5.78. The van der Waals surface area contributed by atoms with Crippen molar-refractivity contribution in [1.29, 1.82) is 0 Å². The van der Waals surface area contributed by atoms with Crippen LogP contribution in [0.25, 0.3) is 0 Å². The van der Waals surface area contributed by atoms with Crippen molar-refractivity contribution in [2.45, 2.75) is 25.2 Å². The molecule has 1 spiro atoms. The number of nitrogens with zero attached hydrogens (tertiary/aromatic N) is 1. The van der Waals surface area contributed by atoms with E-state index in [-0.39, 0.29) is 18.1 Å². The number of carbonyl (C=O) groups is 1. The second kappa shape index (κ2) is 8.20. The smallest absolute Gasteiger partial charge is 0.246 e. The summed E-state index contributed by atoms with van der Waals surface area (Å²) >= 11 is 0. The van der Waals surface area contributed by atoms with Crippen molar-refractivity contribution in [3.63, 3.8) is 0 Å².